The second-order valence-electron chi connectivity index (χ2n) is 4.88. The van der Waals surface area contributed by atoms with Gasteiger partial charge in [0.15, 0.2) is 4.77 Å². The van der Waals surface area contributed by atoms with Gasteiger partial charge in [-0.25, -0.2) is 0 Å². The van der Waals surface area contributed by atoms with Gasteiger partial charge in [-0.15, -0.1) is 0 Å². The molecule has 2 rings (SSSR count). The van der Waals surface area contributed by atoms with Crippen molar-refractivity contribution in [3.63, 3.8) is 0 Å². The average Bonchev–Trinajstić information content (AvgIpc) is 2.74. The Balaban J connectivity index is 2.52. The number of nitrogens with zero attached hydrogens (tertiary/aromatic N) is 1. The quantitative estimate of drug-likeness (QED) is 0.792. The first kappa shape index (κ1) is 13.1. The molecule has 0 aliphatic rings. The second-order valence-corrected chi connectivity index (χ2v) is 5.26. The van der Waals surface area contributed by atoms with E-state index in [4.69, 9.17) is 12.2 Å². The van der Waals surface area contributed by atoms with Crippen molar-refractivity contribution in [1.29, 1.82) is 0 Å². The van der Waals surface area contributed by atoms with Crippen LogP contribution in [0.5, 0.6) is 0 Å². The maximum absolute atomic E-state index is 5.44. The second kappa shape index (κ2) is 5.53. The third-order valence-electron chi connectivity index (χ3n) is 3.31. The number of H-pyrrole nitrogens is 1. The van der Waals surface area contributed by atoms with E-state index in [0.29, 0.717) is 12.0 Å². The van der Waals surface area contributed by atoms with Gasteiger partial charge in [0.05, 0.1) is 6.04 Å². The summed E-state index contributed by atoms with van der Waals surface area (Å²) in [7, 11) is 0. The number of imidazole rings is 1. The standard InChI is InChI=1S/C15H20N2S/c1-4-13(12-8-6-5-7-9-12)17-14(11(2)3)10-16-15(17)18/h5-11,13H,4H2,1-3H3,(H,16,18). The molecule has 0 radical (unpaired) electrons. The molecule has 1 aromatic carbocycles. The van der Waals surface area contributed by atoms with E-state index in [-0.39, 0.29) is 0 Å². The van der Waals surface area contributed by atoms with Crippen LogP contribution < -0.4 is 0 Å². The van der Waals surface area contributed by atoms with Crippen molar-refractivity contribution in [3.05, 3.63) is 52.6 Å². The maximum atomic E-state index is 5.44. The van der Waals surface area contributed by atoms with E-state index in [1.165, 1.54) is 11.3 Å². The molecule has 0 aliphatic heterocycles. The molecular formula is C15H20N2S. The van der Waals surface area contributed by atoms with Crippen molar-refractivity contribution < 1.29 is 0 Å². The van der Waals surface area contributed by atoms with Gasteiger partial charge < -0.3 is 9.55 Å². The molecule has 1 atom stereocenters. The lowest BCUT2D eigenvalue weighted by atomic mass is 10.0. The van der Waals surface area contributed by atoms with Crippen molar-refractivity contribution in [3.8, 4) is 0 Å². The van der Waals surface area contributed by atoms with Gasteiger partial charge >= 0.3 is 0 Å². The van der Waals surface area contributed by atoms with E-state index in [1.54, 1.807) is 0 Å². The molecule has 96 valence electrons. The number of nitrogens with one attached hydrogen (secondary N) is 1. The minimum Gasteiger partial charge on any atom is -0.337 e. The molecule has 0 saturated carbocycles. The summed E-state index contributed by atoms with van der Waals surface area (Å²) in [6.45, 7) is 6.61. The summed E-state index contributed by atoms with van der Waals surface area (Å²) in [6, 6.07) is 10.9. The summed E-state index contributed by atoms with van der Waals surface area (Å²) < 4.78 is 3.07. The Labute approximate surface area is 114 Å². The minimum atomic E-state index is 0.322. The van der Waals surface area contributed by atoms with Gasteiger partial charge in [-0.1, -0.05) is 51.1 Å². The third kappa shape index (κ3) is 2.41. The molecule has 2 aromatic rings. The molecule has 0 aliphatic carbocycles. The van der Waals surface area contributed by atoms with E-state index in [1.807, 2.05) is 6.20 Å². The van der Waals surface area contributed by atoms with Gasteiger partial charge in [-0.2, -0.15) is 0 Å². The fourth-order valence-electron chi connectivity index (χ4n) is 2.40. The molecule has 1 heterocycles. The highest BCUT2D eigenvalue weighted by Gasteiger charge is 2.17. The fraction of sp³-hybridized carbons (Fsp3) is 0.400. The molecule has 0 bridgehead atoms. The Hall–Kier alpha value is -1.35. The van der Waals surface area contributed by atoms with Crippen LogP contribution in [-0.4, -0.2) is 9.55 Å². The van der Waals surface area contributed by atoms with Gasteiger partial charge in [-0.05, 0) is 30.1 Å². The van der Waals surface area contributed by atoms with Crippen LogP contribution in [0.3, 0.4) is 0 Å². The van der Waals surface area contributed by atoms with Crippen LogP contribution in [0.2, 0.25) is 0 Å². The summed E-state index contributed by atoms with van der Waals surface area (Å²) in [4.78, 5) is 3.18. The minimum absolute atomic E-state index is 0.322. The lowest BCUT2D eigenvalue weighted by Gasteiger charge is -2.21. The van der Waals surface area contributed by atoms with Crippen LogP contribution in [0, 0.1) is 4.77 Å². The van der Waals surface area contributed by atoms with Crippen LogP contribution in [0.25, 0.3) is 0 Å². The molecule has 3 heteroatoms. The number of hydrogen-bond acceptors (Lipinski definition) is 1. The molecule has 1 aromatic heterocycles. The highest BCUT2D eigenvalue weighted by molar-refractivity contribution is 7.71. The molecule has 1 unspecified atom stereocenters. The predicted octanol–water partition coefficient (Wildman–Crippen LogP) is 4.67. The Kier molecular flexibility index (Phi) is 4.02. The Morgan fingerprint density at radius 3 is 2.44 bits per heavy atom. The maximum Gasteiger partial charge on any atom is 0.177 e. The zero-order valence-electron chi connectivity index (χ0n) is 11.2. The number of aromatic nitrogens is 2. The van der Waals surface area contributed by atoms with Crippen molar-refractivity contribution in [1.82, 2.24) is 9.55 Å². The van der Waals surface area contributed by atoms with E-state index < -0.39 is 0 Å². The van der Waals surface area contributed by atoms with Gasteiger partial charge in [0.1, 0.15) is 0 Å². The molecule has 0 fully saturated rings. The smallest absolute Gasteiger partial charge is 0.177 e. The average molecular weight is 260 g/mol. The lowest BCUT2D eigenvalue weighted by Crippen LogP contribution is -2.13. The van der Waals surface area contributed by atoms with Crippen molar-refractivity contribution in [2.24, 2.45) is 0 Å². The predicted molar refractivity (Wildman–Crippen MR) is 78.6 cm³/mol. The molecule has 0 spiro atoms. The summed E-state index contributed by atoms with van der Waals surface area (Å²) in [5, 5.41) is 0. The van der Waals surface area contributed by atoms with E-state index >= 15 is 0 Å². The summed E-state index contributed by atoms with van der Waals surface area (Å²) in [5.74, 6) is 0.468. The first-order valence-corrected chi connectivity index (χ1v) is 6.90. The number of benzene rings is 1. The van der Waals surface area contributed by atoms with Crippen LogP contribution in [0.1, 0.15) is 50.4 Å². The van der Waals surface area contributed by atoms with Crippen LogP contribution in [0.4, 0.5) is 0 Å². The highest BCUT2D eigenvalue weighted by Crippen LogP contribution is 2.27. The summed E-state index contributed by atoms with van der Waals surface area (Å²) in [5.41, 5.74) is 2.59. The fourth-order valence-corrected chi connectivity index (χ4v) is 2.69. The Morgan fingerprint density at radius 1 is 1.22 bits per heavy atom. The lowest BCUT2D eigenvalue weighted by molar-refractivity contribution is 0.528. The molecule has 2 nitrogen and oxygen atoms in total. The molecule has 1 N–H and O–H groups in total. The zero-order valence-corrected chi connectivity index (χ0v) is 12.0. The zero-order chi connectivity index (χ0) is 13.1. The van der Waals surface area contributed by atoms with Gasteiger partial charge in [0.2, 0.25) is 0 Å². The van der Waals surface area contributed by atoms with Crippen molar-refractivity contribution in [2.75, 3.05) is 0 Å². The van der Waals surface area contributed by atoms with E-state index in [2.05, 4.69) is 60.7 Å². The molecular weight excluding hydrogens is 240 g/mol. The summed E-state index contributed by atoms with van der Waals surface area (Å²) >= 11 is 5.44. The Bertz CT molecular complexity index is 551. The monoisotopic (exact) mass is 260 g/mol. The summed E-state index contributed by atoms with van der Waals surface area (Å²) in [6.07, 6.45) is 3.08. The molecule has 0 amide bonds. The van der Waals surface area contributed by atoms with Crippen LogP contribution >= 0.6 is 12.2 Å². The first-order chi connectivity index (χ1) is 8.65. The van der Waals surface area contributed by atoms with E-state index in [9.17, 15) is 0 Å². The largest absolute Gasteiger partial charge is 0.337 e. The third-order valence-corrected chi connectivity index (χ3v) is 3.63. The number of aromatic amines is 1. The van der Waals surface area contributed by atoms with Gasteiger partial charge in [-0.3, -0.25) is 0 Å². The molecule has 0 saturated heterocycles. The van der Waals surface area contributed by atoms with E-state index in [0.717, 1.165) is 11.2 Å². The normalized spacial score (nSPS) is 12.9. The Morgan fingerprint density at radius 2 is 1.89 bits per heavy atom. The number of hydrogen-bond donors (Lipinski definition) is 1. The first-order valence-electron chi connectivity index (χ1n) is 6.49. The van der Waals surface area contributed by atoms with Crippen LogP contribution in [-0.2, 0) is 0 Å². The van der Waals surface area contributed by atoms with Crippen molar-refractivity contribution >= 4 is 12.2 Å². The topological polar surface area (TPSA) is 20.7 Å². The highest BCUT2D eigenvalue weighted by atomic mass is 32.1. The van der Waals surface area contributed by atoms with Gasteiger partial charge in [0, 0.05) is 11.9 Å². The SMILES string of the molecule is CCC(c1ccccc1)n1c(C(C)C)c[nH]c1=S. The number of rotatable bonds is 4. The van der Waals surface area contributed by atoms with Crippen molar-refractivity contribution in [2.45, 2.75) is 39.2 Å². The van der Waals surface area contributed by atoms with Gasteiger partial charge in [0.25, 0.3) is 0 Å². The van der Waals surface area contributed by atoms with Crippen LogP contribution in [0.15, 0.2) is 36.5 Å². The molecule has 18 heavy (non-hydrogen) atoms.